The third kappa shape index (κ3) is 5.20. The molecule has 0 amide bonds. The van der Waals surface area contributed by atoms with E-state index >= 15 is 0 Å². The lowest BCUT2D eigenvalue weighted by molar-refractivity contribution is 0.0959. The van der Waals surface area contributed by atoms with Gasteiger partial charge in [0, 0.05) is 13.0 Å². The van der Waals surface area contributed by atoms with Gasteiger partial charge in [0.1, 0.15) is 11.5 Å². The van der Waals surface area contributed by atoms with Gasteiger partial charge >= 0.3 is 0 Å². The fourth-order valence-electron chi connectivity index (χ4n) is 3.07. The molecule has 2 rings (SSSR count). The molecule has 116 valence electrons. The number of pyridine rings is 1. The monoisotopic (exact) mass is 292 g/mol. The summed E-state index contributed by atoms with van der Waals surface area (Å²) in [5.74, 6) is 0.458. The Morgan fingerprint density at radius 1 is 1.38 bits per heavy atom. The van der Waals surface area contributed by atoms with E-state index < -0.39 is 5.82 Å². The zero-order valence-electron chi connectivity index (χ0n) is 12.9. The second kappa shape index (κ2) is 8.23. The van der Waals surface area contributed by atoms with Gasteiger partial charge in [-0.3, -0.25) is 9.78 Å². The van der Waals surface area contributed by atoms with Gasteiger partial charge in [-0.25, -0.2) is 4.39 Å². The van der Waals surface area contributed by atoms with Crippen molar-refractivity contribution in [2.75, 3.05) is 19.6 Å². The SMILES string of the molecule is CCCC1CCCN(CCC(=O)c2ccc(F)cn2)CC1. The zero-order valence-corrected chi connectivity index (χ0v) is 12.9. The van der Waals surface area contributed by atoms with Gasteiger partial charge in [0.15, 0.2) is 5.78 Å². The number of carbonyl (C=O) groups is 1. The summed E-state index contributed by atoms with van der Waals surface area (Å²) in [6, 6.07) is 2.76. The molecule has 0 spiro atoms. The molecular formula is C17H25FN2O. The van der Waals surface area contributed by atoms with Crippen LogP contribution in [0.3, 0.4) is 0 Å². The topological polar surface area (TPSA) is 33.2 Å². The van der Waals surface area contributed by atoms with Gasteiger partial charge in [0.25, 0.3) is 0 Å². The van der Waals surface area contributed by atoms with Gasteiger partial charge in [-0.15, -0.1) is 0 Å². The largest absolute Gasteiger partial charge is 0.303 e. The van der Waals surface area contributed by atoms with Crippen LogP contribution in [0, 0.1) is 11.7 Å². The molecule has 3 nitrogen and oxygen atoms in total. The molecule has 1 fully saturated rings. The van der Waals surface area contributed by atoms with Crippen molar-refractivity contribution in [2.24, 2.45) is 5.92 Å². The minimum Gasteiger partial charge on any atom is -0.303 e. The molecule has 0 bridgehead atoms. The molecule has 1 atom stereocenters. The smallest absolute Gasteiger partial charge is 0.182 e. The summed E-state index contributed by atoms with van der Waals surface area (Å²) in [4.78, 5) is 18.3. The van der Waals surface area contributed by atoms with Gasteiger partial charge in [-0.2, -0.15) is 0 Å². The minimum absolute atomic E-state index is 0.00403. The lowest BCUT2D eigenvalue weighted by atomic mass is 9.96. The van der Waals surface area contributed by atoms with E-state index in [9.17, 15) is 9.18 Å². The molecule has 1 aromatic heterocycles. The van der Waals surface area contributed by atoms with Crippen molar-refractivity contribution >= 4 is 5.78 Å². The van der Waals surface area contributed by atoms with Crippen LogP contribution in [0.4, 0.5) is 4.39 Å². The Kier molecular flexibility index (Phi) is 6.30. The molecule has 0 aliphatic carbocycles. The summed E-state index contributed by atoms with van der Waals surface area (Å²) < 4.78 is 12.8. The Bertz CT molecular complexity index is 447. The molecule has 1 aliphatic heterocycles. The third-order valence-corrected chi connectivity index (χ3v) is 4.31. The molecule has 0 radical (unpaired) electrons. The highest BCUT2D eigenvalue weighted by molar-refractivity contribution is 5.94. The fraction of sp³-hybridized carbons (Fsp3) is 0.647. The maximum Gasteiger partial charge on any atom is 0.182 e. The lowest BCUT2D eigenvalue weighted by Crippen LogP contribution is -2.27. The van der Waals surface area contributed by atoms with Gasteiger partial charge in [-0.05, 0) is 50.4 Å². The molecule has 1 aliphatic rings. The number of hydrogen-bond donors (Lipinski definition) is 0. The summed E-state index contributed by atoms with van der Waals surface area (Å²) in [6.45, 7) is 5.22. The van der Waals surface area contributed by atoms with Crippen molar-refractivity contribution < 1.29 is 9.18 Å². The molecule has 1 saturated heterocycles. The van der Waals surface area contributed by atoms with Crippen LogP contribution < -0.4 is 0 Å². The Hall–Kier alpha value is -1.29. The summed E-state index contributed by atoms with van der Waals surface area (Å²) in [5, 5.41) is 0. The maximum absolute atomic E-state index is 12.8. The fourth-order valence-corrected chi connectivity index (χ4v) is 3.07. The first-order chi connectivity index (χ1) is 10.2. The van der Waals surface area contributed by atoms with Gasteiger partial charge < -0.3 is 4.90 Å². The molecule has 2 heterocycles. The standard InChI is InChI=1S/C17H25FN2O/c1-2-4-14-5-3-10-20(11-8-14)12-9-17(21)16-7-6-15(18)13-19-16/h6-7,13-14H,2-5,8-12H2,1H3. The van der Waals surface area contributed by atoms with E-state index in [2.05, 4.69) is 16.8 Å². The van der Waals surface area contributed by atoms with Gasteiger partial charge in [0.2, 0.25) is 0 Å². The summed E-state index contributed by atoms with van der Waals surface area (Å²) in [7, 11) is 0. The number of halogens is 1. The van der Waals surface area contributed by atoms with Crippen LogP contribution >= 0.6 is 0 Å². The molecule has 1 unspecified atom stereocenters. The van der Waals surface area contributed by atoms with Crippen molar-refractivity contribution in [3.8, 4) is 0 Å². The van der Waals surface area contributed by atoms with Crippen LogP contribution in [0.2, 0.25) is 0 Å². The Morgan fingerprint density at radius 2 is 2.24 bits per heavy atom. The molecule has 21 heavy (non-hydrogen) atoms. The first-order valence-electron chi connectivity index (χ1n) is 8.06. The van der Waals surface area contributed by atoms with E-state index in [1.54, 1.807) is 0 Å². The molecule has 4 heteroatoms. The molecule has 0 N–H and O–H groups in total. The highest BCUT2D eigenvalue weighted by Gasteiger charge is 2.17. The quantitative estimate of drug-likeness (QED) is 0.750. The van der Waals surface area contributed by atoms with E-state index in [1.807, 2.05) is 0 Å². The number of likely N-dealkylation sites (tertiary alicyclic amines) is 1. The number of aromatic nitrogens is 1. The minimum atomic E-state index is -0.402. The van der Waals surface area contributed by atoms with Crippen LogP contribution in [0.5, 0.6) is 0 Å². The first kappa shape index (κ1) is 16.1. The number of nitrogens with zero attached hydrogens (tertiary/aromatic N) is 2. The second-order valence-electron chi connectivity index (χ2n) is 5.96. The highest BCUT2D eigenvalue weighted by Crippen LogP contribution is 2.22. The van der Waals surface area contributed by atoms with Crippen LogP contribution in [0.1, 0.15) is 55.9 Å². The molecular weight excluding hydrogens is 267 g/mol. The Labute approximate surface area is 126 Å². The van der Waals surface area contributed by atoms with E-state index in [4.69, 9.17) is 0 Å². The average Bonchev–Trinajstić information content (AvgIpc) is 2.71. The van der Waals surface area contributed by atoms with Crippen LogP contribution in [-0.4, -0.2) is 35.3 Å². The average molecular weight is 292 g/mol. The predicted octanol–water partition coefficient (Wildman–Crippen LogP) is 3.70. The van der Waals surface area contributed by atoms with Gasteiger partial charge in [0.05, 0.1) is 6.20 Å². The summed E-state index contributed by atoms with van der Waals surface area (Å²) >= 11 is 0. The predicted molar refractivity (Wildman–Crippen MR) is 81.8 cm³/mol. The van der Waals surface area contributed by atoms with E-state index in [-0.39, 0.29) is 5.78 Å². The van der Waals surface area contributed by atoms with Crippen molar-refractivity contribution in [3.63, 3.8) is 0 Å². The van der Waals surface area contributed by atoms with Gasteiger partial charge in [-0.1, -0.05) is 19.8 Å². The number of rotatable bonds is 6. The van der Waals surface area contributed by atoms with E-state index in [1.165, 1.54) is 44.2 Å². The maximum atomic E-state index is 12.8. The first-order valence-corrected chi connectivity index (χ1v) is 8.06. The number of hydrogen-bond acceptors (Lipinski definition) is 3. The number of Topliss-reactive ketones (excluding diaryl/α,β-unsaturated/α-hetero) is 1. The van der Waals surface area contributed by atoms with Crippen LogP contribution in [-0.2, 0) is 0 Å². The summed E-state index contributed by atoms with van der Waals surface area (Å²) in [6.07, 6.45) is 7.96. The number of ketones is 1. The lowest BCUT2D eigenvalue weighted by Gasteiger charge is -2.19. The molecule has 1 aromatic rings. The summed E-state index contributed by atoms with van der Waals surface area (Å²) in [5.41, 5.74) is 0.370. The van der Waals surface area contributed by atoms with Crippen molar-refractivity contribution in [1.29, 1.82) is 0 Å². The third-order valence-electron chi connectivity index (χ3n) is 4.31. The highest BCUT2D eigenvalue weighted by atomic mass is 19.1. The molecule has 0 aromatic carbocycles. The van der Waals surface area contributed by atoms with Crippen LogP contribution in [0.15, 0.2) is 18.3 Å². The van der Waals surface area contributed by atoms with Crippen LogP contribution in [0.25, 0.3) is 0 Å². The van der Waals surface area contributed by atoms with E-state index in [0.717, 1.165) is 31.7 Å². The van der Waals surface area contributed by atoms with Crippen molar-refractivity contribution in [3.05, 3.63) is 29.8 Å². The normalized spacial score (nSPS) is 20.2. The van der Waals surface area contributed by atoms with Crippen molar-refractivity contribution in [1.82, 2.24) is 9.88 Å². The molecule has 0 saturated carbocycles. The zero-order chi connectivity index (χ0) is 15.1. The van der Waals surface area contributed by atoms with E-state index in [0.29, 0.717) is 12.1 Å². The Morgan fingerprint density at radius 3 is 2.95 bits per heavy atom. The second-order valence-corrected chi connectivity index (χ2v) is 5.96. The number of carbonyl (C=O) groups excluding carboxylic acids is 1. The Balaban J connectivity index is 1.77. The van der Waals surface area contributed by atoms with Crippen molar-refractivity contribution in [2.45, 2.75) is 45.4 Å².